The average molecular weight is 541 g/mol. The Morgan fingerprint density at radius 2 is 1.72 bits per heavy atom. The van der Waals surface area contributed by atoms with Crippen molar-refractivity contribution in [1.82, 2.24) is 9.88 Å². The van der Waals surface area contributed by atoms with Gasteiger partial charge in [0.25, 0.3) is 11.8 Å². The summed E-state index contributed by atoms with van der Waals surface area (Å²) >= 11 is 5.33. The van der Waals surface area contributed by atoms with E-state index in [9.17, 15) is 18.8 Å². The van der Waals surface area contributed by atoms with Crippen molar-refractivity contribution in [3.05, 3.63) is 102 Å². The number of amides is 3. The Hall–Kier alpha value is -4.63. The molecule has 1 aromatic heterocycles. The molecule has 0 radical (unpaired) electrons. The van der Waals surface area contributed by atoms with Gasteiger partial charge in [0.1, 0.15) is 17.9 Å². The van der Waals surface area contributed by atoms with Crippen molar-refractivity contribution in [3.63, 3.8) is 0 Å². The fraction of sp³-hybridized carbons (Fsp3) is 0.133. The lowest BCUT2D eigenvalue weighted by atomic mass is 10.0. The molecule has 0 spiro atoms. The third-order valence-corrected chi connectivity index (χ3v) is 6.77. The molecular formula is C30H25FN4O3S. The zero-order chi connectivity index (χ0) is 27.7. The van der Waals surface area contributed by atoms with Gasteiger partial charge in [0.2, 0.25) is 5.91 Å². The molecule has 7 nitrogen and oxygen atoms in total. The maximum absolute atomic E-state index is 13.5. The largest absolute Gasteiger partial charge is 0.337 e. The first-order valence-electron chi connectivity index (χ1n) is 12.4. The molecule has 196 valence electrons. The van der Waals surface area contributed by atoms with Crippen molar-refractivity contribution in [2.24, 2.45) is 0 Å². The van der Waals surface area contributed by atoms with Crippen LogP contribution in [0.25, 0.3) is 17.0 Å². The van der Waals surface area contributed by atoms with Crippen LogP contribution in [0.5, 0.6) is 0 Å². The van der Waals surface area contributed by atoms with Crippen molar-refractivity contribution in [2.75, 3.05) is 10.2 Å². The normalized spacial score (nSPS) is 14.8. The van der Waals surface area contributed by atoms with Gasteiger partial charge in [0.05, 0.1) is 5.69 Å². The van der Waals surface area contributed by atoms with Crippen molar-refractivity contribution in [1.29, 1.82) is 0 Å². The Bertz CT molecular complexity index is 1640. The second kappa shape index (κ2) is 10.6. The summed E-state index contributed by atoms with van der Waals surface area (Å²) in [5, 5.41) is 6.14. The maximum atomic E-state index is 13.5. The van der Waals surface area contributed by atoms with Gasteiger partial charge in [-0.05, 0) is 72.2 Å². The van der Waals surface area contributed by atoms with E-state index in [-0.39, 0.29) is 23.1 Å². The molecule has 39 heavy (non-hydrogen) atoms. The number of nitrogens with one attached hydrogen (secondary N) is 2. The van der Waals surface area contributed by atoms with Crippen molar-refractivity contribution in [2.45, 2.75) is 26.3 Å². The fourth-order valence-electron chi connectivity index (χ4n) is 4.47. The highest BCUT2D eigenvalue weighted by Crippen LogP contribution is 2.28. The van der Waals surface area contributed by atoms with Gasteiger partial charge in [0.15, 0.2) is 5.11 Å². The molecule has 1 fully saturated rings. The summed E-state index contributed by atoms with van der Waals surface area (Å²) in [6, 6.07) is 20.4. The van der Waals surface area contributed by atoms with E-state index in [0.717, 1.165) is 16.5 Å². The number of fused-ring (bicyclic) bond motifs is 1. The summed E-state index contributed by atoms with van der Waals surface area (Å²) < 4.78 is 14.9. The van der Waals surface area contributed by atoms with E-state index in [1.165, 1.54) is 35.2 Å². The summed E-state index contributed by atoms with van der Waals surface area (Å²) in [5.41, 5.74) is 3.42. The zero-order valence-corrected chi connectivity index (χ0v) is 22.1. The minimum Gasteiger partial charge on any atom is -0.337 e. The monoisotopic (exact) mass is 540 g/mol. The topological polar surface area (TPSA) is 83.4 Å². The number of nitrogens with zero attached hydrogens (tertiary/aromatic N) is 2. The Morgan fingerprint density at radius 3 is 2.41 bits per heavy atom. The summed E-state index contributed by atoms with van der Waals surface area (Å²) in [5.74, 6) is -1.50. The van der Waals surface area contributed by atoms with Crippen LogP contribution in [0.15, 0.2) is 84.6 Å². The molecule has 0 saturated carbocycles. The molecule has 3 amide bonds. The SMILES string of the molecule is CC(C)c1ccc(N2C(=O)/C(=C/c3cn(CC(=O)Nc4ccc(F)cc4)c4ccccc34)C(=O)NC2=S)cc1. The average Bonchev–Trinajstić information content (AvgIpc) is 3.25. The number of rotatable bonds is 6. The Kier molecular flexibility index (Phi) is 7.08. The van der Waals surface area contributed by atoms with E-state index >= 15 is 0 Å². The second-order valence-corrected chi connectivity index (χ2v) is 9.88. The number of carbonyl (C=O) groups is 3. The molecule has 3 aromatic carbocycles. The third-order valence-electron chi connectivity index (χ3n) is 6.48. The van der Waals surface area contributed by atoms with Crippen molar-refractivity contribution >= 4 is 63.4 Å². The minimum absolute atomic E-state index is 0.0133. The van der Waals surface area contributed by atoms with Gasteiger partial charge in [0, 0.05) is 28.4 Å². The van der Waals surface area contributed by atoms with Crippen molar-refractivity contribution in [3.8, 4) is 0 Å². The van der Waals surface area contributed by atoms with Crippen LogP contribution in [-0.2, 0) is 20.9 Å². The van der Waals surface area contributed by atoms with Crippen molar-refractivity contribution < 1.29 is 18.8 Å². The summed E-state index contributed by atoms with van der Waals surface area (Å²) in [6.45, 7) is 4.13. The van der Waals surface area contributed by atoms with Gasteiger partial charge in [-0.15, -0.1) is 0 Å². The molecule has 2 heterocycles. The summed E-state index contributed by atoms with van der Waals surface area (Å²) in [4.78, 5) is 40.4. The zero-order valence-electron chi connectivity index (χ0n) is 21.3. The number of thiocarbonyl (C=S) groups is 1. The van der Waals surface area contributed by atoms with Crippen LogP contribution in [0.1, 0.15) is 30.9 Å². The van der Waals surface area contributed by atoms with Crippen LogP contribution < -0.4 is 15.5 Å². The molecular weight excluding hydrogens is 515 g/mol. The van der Waals surface area contributed by atoms with E-state index in [0.29, 0.717) is 22.9 Å². The van der Waals surface area contributed by atoms with E-state index in [1.54, 1.807) is 22.9 Å². The highest BCUT2D eigenvalue weighted by molar-refractivity contribution is 7.80. The van der Waals surface area contributed by atoms with Gasteiger partial charge < -0.3 is 9.88 Å². The molecule has 0 atom stereocenters. The van der Waals surface area contributed by atoms with Crippen LogP contribution >= 0.6 is 12.2 Å². The predicted molar refractivity (Wildman–Crippen MR) is 154 cm³/mol. The van der Waals surface area contributed by atoms with Gasteiger partial charge in [-0.3, -0.25) is 24.6 Å². The number of hydrogen-bond donors (Lipinski definition) is 2. The quantitative estimate of drug-likeness (QED) is 0.196. The molecule has 2 N–H and O–H groups in total. The Balaban J connectivity index is 1.46. The van der Waals surface area contributed by atoms with E-state index in [2.05, 4.69) is 24.5 Å². The fourth-order valence-corrected chi connectivity index (χ4v) is 4.75. The van der Waals surface area contributed by atoms with Gasteiger partial charge in [-0.1, -0.05) is 44.2 Å². The van der Waals surface area contributed by atoms with Crippen LogP contribution in [0, 0.1) is 5.82 Å². The minimum atomic E-state index is -0.592. The lowest BCUT2D eigenvalue weighted by molar-refractivity contribution is -0.122. The number of anilines is 2. The lowest BCUT2D eigenvalue weighted by Crippen LogP contribution is -2.54. The smallest absolute Gasteiger partial charge is 0.270 e. The molecule has 0 bridgehead atoms. The standard InChI is InChI=1S/C30H25FN4O3S/c1-18(2)19-7-13-23(14-8-19)35-29(38)25(28(37)33-30(35)39)15-20-16-34(26-6-4-3-5-24(20)26)17-27(36)32-22-11-9-21(31)10-12-22/h3-16,18H,17H2,1-2H3,(H,32,36)(H,33,37,39)/b25-15+. The molecule has 1 aliphatic rings. The second-order valence-electron chi connectivity index (χ2n) is 9.49. The lowest BCUT2D eigenvalue weighted by Gasteiger charge is -2.29. The molecule has 1 saturated heterocycles. The number of aromatic nitrogens is 1. The summed E-state index contributed by atoms with van der Waals surface area (Å²) in [7, 11) is 0. The molecule has 5 rings (SSSR count). The Morgan fingerprint density at radius 1 is 1.03 bits per heavy atom. The molecule has 0 unspecified atom stereocenters. The van der Waals surface area contributed by atoms with Gasteiger partial charge >= 0.3 is 0 Å². The van der Waals surface area contributed by atoms with Crippen LogP contribution in [-0.4, -0.2) is 27.4 Å². The van der Waals surface area contributed by atoms with Gasteiger partial charge in [-0.2, -0.15) is 0 Å². The number of para-hydroxylation sites is 1. The molecule has 4 aromatic rings. The molecule has 0 aliphatic carbocycles. The van der Waals surface area contributed by atoms with Gasteiger partial charge in [-0.25, -0.2) is 4.39 Å². The Labute approximate surface area is 229 Å². The third kappa shape index (κ3) is 5.35. The number of hydrogen-bond acceptors (Lipinski definition) is 4. The van der Waals surface area contributed by atoms with Crippen LogP contribution in [0.3, 0.4) is 0 Å². The maximum Gasteiger partial charge on any atom is 0.270 e. The number of carbonyl (C=O) groups excluding carboxylic acids is 3. The highest BCUT2D eigenvalue weighted by Gasteiger charge is 2.34. The summed E-state index contributed by atoms with van der Waals surface area (Å²) in [6.07, 6.45) is 3.24. The van der Waals surface area contributed by atoms with E-state index < -0.39 is 17.6 Å². The molecule has 9 heteroatoms. The first kappa shape index (κ1) is 26.0. The van der Waals surface area contributed by atoms with E-state index in [1.807, 2.05) is 36.4 Å². The molecule has 1 aliphatic heterocycles. The van der Waals surface area contributed by atoms with Crippen LogP contribution in [0.2, 0.25) is 0 Å². The highest BCUT2D eigenvalue weighted by atomic mass is 32.1. The van der Waals surface area contributed by atoms with Crippen LogP contribution in [0.4, 0.5) is 15.8 Å². The first-order valence-corrected chi connectivity index (χ1v) is 12.8. The number of halogens is 1. The van der Waals surface area contributed by atoms with E-state index in [4.69, 9.17) is 12.2 Å². The number of benzene rings is 3. The predicted octanol–water partition coefficient (Wildman–Crippen LogP) is 5.37. The first-order chi connectivity index (χ1) is 18.7.